The van der Waals surface area contributed by atoms with Gasteiger partial charge in [-0.1, -0.05) is 18.2 Å². The minimum atomic E-state index is -4.36. The van der Waals surface area contributed by atoms with E-state index in [9.17, 15) is 18.0 Å². The van der Waals surface area contributed by atoms with Crippen molar-refractivity contribution >= 4 is 30.1 Å². The van der Waals surface area contributed by atoms with Crippen LogP contribution in [0.5, 0.6) is 0 Å². The third-order valence-corrected chi connectivity index (χ3v) is 4.98. The van der Waals surface area contributed by atoms with E-state index in [0.717, 1.165) is 4.90 Å². The lowest BCUT2D eigenvalue weighted by Gasteiger charge is -2.36. The molecule has 142 valence electrons. The zero-order valence-corrected chi connectivity index (χ0v) is 15.5. The second-order valence-corrected chi connectivity index (χ2v) is 7.08. The van der Waals surface area contributed by atoms with Crippen LogP contribution in [-0.2, 0) is 4.79 Å². The largest absolute Gasteiger partial charge is 0.405 e. The van der Waals surface area contributed by atoms with Crippen LogP contribution in [0.4, 0.5) is 13.2 Å². The van der Waals surface area contributed by atoms with E-state index >= 15 is 0 Å². The van der Waals surface area contributed by atoms with Gasteiger partial charge in [0.25, 0.3) is 0 Å². The standard InChI is InChI=1S/C16H22F3N3OS.ClH/c1-12(24-13-5-3-2-4-6-13)15(23)21-11-14(16(17,18)19)22-9-7-20-8-10-22;/h2-6,12,14,20H,7-11H2,1H3,(H,21,23);1H. The molecule has 1 aliphatic rings. The molecule has 0 saturated carbocycles. The molecule has 0 aliphatic carbocycles. The molecule has 9 heteroatoms. The van der Waals surface area contributed by atoms with Crippen molar-refractivity contribution in [2.24, 2.45) is 0 Å². The number of nitrogens with zero attached hydrogens (tertiary/aromatic N) is 1. The lowest BCUT2D eigenvalue weighted by molar-refractivity contribution is -0.184. The number of alkyl halides is 3. The van der Waals surface area contributed by atoms with Crippen LogP contribution in [0.25, 0.3) is 0 Å². The van der Waals surface area contributed by atoms with Crippen molar-refractivity contribution in [1.82, 2.24) is 15.5 Å². The number of piperazine rings is 1. The van der Waals surface area contributed by atoms with E-state index < -0.39 is 24.0 Å². The van der Waals surface area contributed by atoms with Gasteiger partial charge >= 0.3 is 6.18 Å². The van der Waals surface area contributed by atoms with Crippen molar-refractivity contribution in [3.63, 3.8) is 0 Å². The van der Waals surface area contributed by atoms with Gasteiger partial charge in [0, 0.05) is 37.6 Å². The number of halogens is 4. The molecule has 1 saturated heterocycles. The van der Waals surface area contributed by atoms with Crippen molar-refractivity contribution in [1.29, 1.82) is 0 Å². The molecule has 0 aromatic heterocycles. The van der Waals surface area contributed by atoms with Crippen molar-refractivity contribution in [3.05, 3.63) is 30.3 Å². The Bertz CT molecular complexity index is 527. The highest BCUT2D eigenvalue weighted by Gasteiger charge is 2.43. The topological polar surface area (TPSA) is 44.4 Å². The molecular formula is C16H23ClF3N3OS. The summed E-state index contributed by atoms with van der Waals surface area (Å²) in [7, 11) is 0. The van der Waals surface area contributed by atoms with Gasteiger partial charge in [-0.2, -0.15) is 13.2 Å². The number of hydrogen-bond donors (Lipinski definition) is 2. The summed E-state index contributed by atoms with van der Waals surface area (Å²) in [6, 6.07) is 7.68. The van der Waals surface area contributed by atoms with Crippen LogP contribution < -0.4 is 10.6 Å². The molecule has 2 atom stereocenters. The van der Waals surface area contributed by atoms with E-state index in [2.05, 4.69) is 10.6 Å². The number of amides is 1. The van der Waals surface area contributed by atoms with E-state index in [1.165, 1.54) is 16.7 Å². The van der Waals surface area contributed by atoms with E-state index in [4.69, 9.17) is 0 Å². The number of rotatable bonds is 6. The van der Waals surface area contributed by atoms with Crippen LogP contribution in [0.1, 0.15) is 6.92 Å². The summed E-state index contributed by atoms with van der Waals surface area (Å²) in [5.41, 5.74) is 0. The predicted molar refractivity (Wildman–Crippen MR) is 96.3 cm³/mol. The fourth-order valence-corrected chi connectivity index (χ4v) is 3.46. The molecule has 2 N–H and O–H groups in total. The van der Waals surface area contributed by atoms with Crippen molar-refractivity contribution < 1.29 is 18.0 Å². The first kappa shape index (κ1) is 22.1. The Labute approximate surface area is 156 Å². The Morgan fingerprint density at radius 1 is 1.28 bits per heavy atom. The van der Waals surface area contributed by atoms with Crippen molar-refractivity contribution in [2.45, 2.75) is 29.3 Å². The molecule has 1 aromatic carbocycles. The number of thioether (sulfide) groups is 1. The number of nitrogens with one attached hydrogen (secondary N) is 2. The third kappa shape index (κ3) is 7.05. The smallest absolute Gasteiger partial charge is 0.353 e. The maximum absolute atomic E-state index is 13.3. The quantitative estimate of drug-likeness (QED) is 0.724. The molecule has 2 unspecified atom stereocenters. The van der Waals surface area contributed by atoms with Gasteiger partial charge < -0.3 is 10.6 Å². The lowest BCUT2D eigenvalue weighted by Crippen LogP contribution is -2.57. The Morgan fingerprint density at radius 2 is 1.88 bits per heavy atom. The zero-order chi connectivity index (χ0) is 17.6. The highest BCUT2D eigenvalue weighted by Crippen LogP contribution is 2.26. The average Bonchev–Trinajstić information content (AvgIpc) is 2.55. The monoisotopic (exact) mass is 397 g/mol. The number of carbonyl (C=O) groups is 1. The van der Waals surface area contributed by atoms with Crippen LogP contribution in [-0.4, -0.2) is 61.0 Å². The Morgan fingerprint density at radius 3 is 2.44 bits per heavy atom. The Balaban J connectivity index is 0.00000312. The second-order valence-electron chi connectivity index (χ2n) is 5.66. The van der Waals surface area contributed by atoms with E-state index in [0.29, 0.717) is 26.2 Å². The molecule has 1 heterocycles. The third-order valence-electron chi connectivity index (χ3n) is 3.87. The van der Waals surface area contributed by atoms with Crippen LogP contribution in [0.2, 0.25) is 0 Å². The molecule has 0 bridgehead atoms. The summed E-state index contributed by atoms with van der Waals surface area (Å²) in [5, 5.41) is 5.04. The van der Waals surface area contributed by atoms with Gasteiger partial charge in [-0.15, -0.1) is 24.2 Å². The Hall–Kier alpha value is -0.960. The fraction of sp³-hybridized carbons (Fsp3) is 0.562. The van der Waals surface area contributed by atoms with Gasteiger partial charge in [-0.25, -0.2) is 0 Å². The van der Waals surface area contributed by atoms with E-state index in [1.807, 2.05) is 30.3 Å². The van der Waals surface area contributed by atoms with Gasteiger partial charge in [0.05, 0.1) is 5.25 Å². The molecule has 1 aromatic rings. The number of carbonyl (C=O) groups excluding carboxylic acids is 1. The molecule has 0 spiro atoms. The summed E-state index contributed by atoms with van der Waals surface area (Å²) in [5.74, 6) is -0.381. The zero-order valence-electron chi connectivity index (χ0n) is 13.9. The van der Waals surface area contributed by atoms with Gasteiger partial charge in [0.2, 0.25) is 5.91 Å². The van der Waals surface area contributed by atoms with Crippen LogP contribution in [0.3, 0.4) is 0 Å². The lowest BCUT2D eigenvalue weighted by atomic mass is 10.2. The minimum absolute atomic E-state index is 0. The minimum Gasteiger partial charge on any atom is -0.353 e. The SMILES string of the molecule is CC(Sc1ccccc1)C(=O)NCC(N1CCNCC1)C(F)(F)F.Cl. The summed E-state index contributed by atoms with van der Waals surface area (Å²) in [6.07, 6.45) is -4.36. The number of hydrogen-bond acceptors (Lipinski definition) is 4. The molecule has 1 fully saturated rings. The van der Waals surface area contributed by atoms with Gasteiger partial charge in [0.15, 0.2) is 0 Å². The molecule has 25 heavy (non-hydrogen) atoms. The normalized spacial score (nSPS) is 18.1. The summed E-state index contributed by atoms with van der Waals surface area (Å²) in [4.78, 5) is 14.4. The average molecular weight is 398 g/mol. The van der Waals surface area contributed by atoms with Crippen LogP contribution in [0.15, 0.2) is 35.2 Å². The maximum Gasteiger partial charge on any atom is 0.405 e. The molecule has 4 nitrogen and oxygen atoms in total. The maximum atomic E-state index is 13.3. The van der Waals surface area contributed by atoms with Gasteiger partial charge in [-0.3, -0.25) is 9.69 Å². The second kappa shape index (κ2) is 10.3. The molecule has 2 rings (SSSR count). The van der Waals surface area contributed by atoms with E-state index in [-0.39, 0.29) is 18.3 Å². The van der Waals surface area contributed by atoms with E-state index in [1.54, 1.807) is 6.92 Å². The first-order valence-electron chi connectivity index (χ1n) is 7.89. The van der Waals surface area contributed by atoms with Gasteiger partial charge in [-0.05, 0) is 19.1 Å². The van der Waals surface area contributed by atoms with Crippen LogP contribution >= 0.6 is 24.2 Å². The summed E-state index contributed by atoms with van der Waals surface area (Å²) < 4.78 is 39.9. The molecular weight excluding hydrogens is 375 g/mol. The first-order chi connectivity index (χ1) is 11.4. The Kier molecular flexibility index (Phi) is 9.06. The number of benzene rings is 1. The molecule has 1 amide bonds. The fourth-order valence-electron chi connectivity index (χ4n) is 2.54. The first-order valence-corrected chi connectivity index (χ1v) is 8.77. The van der Waals surface area contributed by atoms with Gasteiger partial charge in [0.1, 0.15) is 6.04 Å². The van der Waals surface area contributed by atoms with Crippen molar-refractivity contribution in [2.75, 3.05) is 32.7 Å². The highest BCUT2D eigenvalue weighted by molar-refractivity contribution is 8.00. The predicted octanol–water partition coefficient (Wildman–Crippen LogP) is 2.54. The summed E-state index contributed by atoms with van der Waals surface area (Å²) >= 11 is 1.33. The molecule has 1 aliphatic heterocycles. The highest BCUT2D eigenvalue weighted by atomic mass is 35.5. The molecule has 0 radical (unpaired) electrons. The summed E-state index contributed by atoms with van der Waals surface area (Å²) in [6.45, 7) is 2.99. The van der Waals surface area contributed by atoms with Crippen LogP contribution in [0, 0.1) is 0 Å². The van der Waals surface area contributed by atoms with Crippen molar-refractivity contribution in [3.8, 4) is 0 Å².